The predicted molar refractivity (Wildman–Crippen MR) is 62.8 cm³/mol. The summed E-state index contributed by atoms with van der Waals surface area (Å²) in [5.74, 6) is 0. The SMILES string of the molecule is C1=CCN(N2C=CC=CC2)C=C1.[CH3-].[CH3-].[Pd+2]. The van der Waals surface area contributed by atoms with Crippen LogP contribution in [0.1, 0.15) is 0 Å². The summed E-state index contributed by atoms with van der Waals surface area (Å²) in [5, 5.41) is 4.36. The molecule has 0 N–H and O–H groups in total. The third-order valence-electron chi connectivity index (χ3n) is 1.93. The Kier molecular flexibility index (Phi) is 9.46. The van der Waals surface area contributed by atoms with Crippen molar-refractivity contribution in [2.45, 2.75) is 0 Å². The zero-order valence-corrected chi connectivity index (χ0v) is 10.8. The van der Waals surface area contributed by atoms with Crippen molar-refractivity contribution in [3.63, 3.8) is 0 Å². The minimum Gasteiger partial charge on any atom is -0.358 e. The molecule has 86 valence electrons. The van der Waals surface area contributed by atoms with Gasteiger partial charge in [-0.3, -0.25) is 10.0 Å². The first-order chi connectivity index (χ1) is 5.97. The molecule has 0 atom stereocenters. The van der Waals surface area contributed by atoms with Crippen LogP contribution in [0.25, 0.3) is 0 Å². The molecule has 0 aromatic rings. The maximum atomic E-state index is 2.18. The zero-order valence-electron chi connectivity index (χ0n) is 9.24. The summed E-state index contributed by atoms with van der Waals surface area (Å²) in [5.41, 5.74) is 0. The Morgan fingerprint density at radius 1 is 0.667 bits per heavy atom. The van der Waals surface area contributed by atoms with E-state index < -0.39 is 0 Å². The molecule has 0 unspecified atom stereocenters. The molecule has 3 heteroatoms. The molecule has 0 amide bonds. The summed E-state index contributed by atoms with van der Waals surface area (Å²) in [6.07, 6.45) is 16.7. The van der Waals surface area contributed by atoms with Crippen LogP contribution in [0.5, 0.6) is 0 Å². The van der Waals surface area contributed by atoms with Gasteiger partial charge in [-0.15, -0.1) is 0 Å². The number of nitrogens with zero attached hydrogens (tertiary/aromatic N) is 2. The molecule has 0 saturated heterocycles. The van der Waals surface area contributed by atoms with Crippen molar-refractivity contribution in [3.05, 3.63) is 63.7 Å². The van der Waals surface area contributed by atoms with Crippen molar-refractivity contribution >= 4 is 0 Å². The number of rotatable bonds is 1. The average Bonchev–Trinajstić information content (AvgIpc) is 2.21. The van der Waals surface area contributed by atoms with Gasteiger partial charge in [0.05, 0.1) is 13.1 Å². The molecule has 0 bridgehead atoms. The molecule has 2 aliphatic rings. The van der Waals surface area contributed by atoms with Crippen molar-refractivity contribution in [2.75, 3.05) is 13.1 Å². The van der Waals surface area contributed by atoms with Crippen molar-refractivity contribution in [3.8, 4) is 0 Å². The van der Waals surface area contributed by atoms with Gasteiger partial charge in [0.25, 0.3) is 0 Å². The van der Waals surface area contributed by atoms with Gasteiger partial charge in [-0.1, -0.05) is 24.3 Å². The van der Waals surface area contributed by atoms with E-state index in [0.717, 1.165) is 13.1 Å². The Morgan fingerprint density at radius 3 is 1.33 bits per heavy atom. The Bertz CT molecular complexity index is 239. The molecule has 0 radical (unpaired) electrons. The van der Waals surface area contributed by atoms with Crippen LogP contribution in [0.3, 0.4) is 0 Å². The van der Waals surface area contributed by atoms with E-state index in [4.69, 9.17) is 0 Å². The first-order valence-electron chi connectivity index (χ1n) is 4.17. The molecule has 2 rings (SSSR count). The molecule has 0 aliphatic carbocycles. The quantitative estimate of drug-likeness (QED) is 0.542. The maximum Gasteiger partial charge on any atom is 2.00 e. The van der Waals surface area contributed by atoms with Crippen LogP contribution in [0.4, 0.5) is 0 Å². The first kappa shape index (κ1) is 16.6. The van der Waals surface area contributed by atoms with Crippen LogP contribution >= 0.6 is 0 Å². The fraction of sp³-hybridized carbons (Fsp3) is 0.167. The number of hydrogen-bond acceptors (Lipinski definition) is 2. The monoisotopic (exact) mass is 296 g/mol. The average molecular weight is 297 g/mol. The number of allylic oxidation sites excluding steroid dienone is 4. The molecule has 0 spiro atoms. The topological polar surface area (TPSA) is 6.48 Å². The summed E-state index contributed by atoms with van der Waals surface area (Å²) in [4.78, 5) is 0. The van der Waals surface area contributed by atoms with E-state index in [-0.39, 0.29) is 35.3 Å². The molecule has 0 fully saturated rings. The van der Waals surface area contributed by atoms with Gasteiger partial charge >= 0.3 is 20.4 Å². The molecule has 2 aliphatic heterocycles. The molecule has 15 heavy (non-hydrogen) atoms. The normalized spacial score (nSPS) is 16.5. The van der Waals surface area contributed by atoms with Crippen LogP contribution in [-0.2, 0) is 20.4 Å². The fourth-order valence-electron chi connectivity index (χ4n) is 1.30. The summed E-state index contributed by atoms with van der Waals surface area (Å²) in [7, 11) is 0. The van der Waals surface area contributed by atoms with Gasteiger partial charge in [0.2, 0.25) is 0 Å². The van der Waals surface area contributed by atoms with Crippen molar-refractivity contribution < 1.29 is 20.4 Å². The Hall–Kier alpha value is -0.778. The van der Waals surface area contributed by atoms with E-state index in [9.17, 15) is 0 Å². The minimum absolute atomic E-state index is 0. The summed E-state index contributed by atoms with van der Waals surface area (Å²) >= 11 is 0. The largest absolute Gasteiger partial charge is 2.00 e. The molecular weight excluding hydrogens is 279 g/mol. The number of hydrogen-bond donors (Lipinski definition) is 0. The smallest absolute Gasteiger partial charge is 0.358 e. The Labute approximate surface area is 107 Å². The van der Waals surface area contributed by atoms with Gasteiger partial charge in [0.1, 0.15) is 0 Å². The van der Waals surface area contributed by atoms with Gasteiger partial charge < -0.3 is 14.9 Å². The molecule has 0 aromatic heterocycles. The van der Waals surface area contributed by atoms with Crippen LogP contribution < -0.4 is 0 Å². The van der Waals surface area contributed by atoms with Crippen LogP contribution in [0.15, 0.2) is 48.9 Å². The van der Waals surface area contributed by atoms with Crippen molar-refractivity contribution in [2.24, 2.45) is 0 Å². The third kappa shape index (κ3) is 4.51. The van der Waals surface area contributed by atoms with E-state index in [2.05, 4.69) is 58.9 Å². The third-order valence-corrected chi connectivity index (χ3v) is 1.93. The molecule has 0 saturated carbocycles. The van der Waals surface area contributed by atoms with Gasteiger partial charge in [-0.05, 0) is 12.2 Å². The zero-order chi connectivity index (χ0) is 8.23. The van der Waals surface area contributed by atoms with E-state index in [0.29, 0.717) is 0 Å². The van der Waals surface area contributed by atoms with E-state index >= 15 is 0 Å². The fourth-order valence-corrected chi connectivity index (χ4v) is 1.30. The van der Waals surface area contributed by atoms with Crippen LogP contribution in [0, 0.1) is 14.9 Å². The van der Waals surface area contributed by atoms with Gasteiger partial charge in [0.15, 0.2) is 0 Å². The molecule has 0 aromatic carbocycles. The predicted octanol–water partition coefficient (Wildman–Crippen LogP) is 2.57. The maximum absolute atomic E-state index is 2.18. The molecule has 2 nitrogen and oxygen atoms in total. The van der Waals surface area contributed by atoms with Gasteiger partial charge in [0, 0.05) is 12.4 Å². The molecule has 2 heterocycles. The standard InChI is InChI=1S/C10H12N2.2CH3.Pd/c1-3-7-11(8-4-1)12-9-5-2-6-10-12;;;/h1-7,9H,8,10H2;2*1H3;/q;2*-1;+2. The van der Waals surface area contributed by atoms with Gasteiger partial charge in [-0.2, -0.15) is 0 Å². The second-order valence-corrected chi connectivity index (χ2v) is 2.78. The summed E-state index contributed by atoms with van der Waals surface area (Å²) in [6.45, 7) is 1.93. The summed E-state index contributed by atoms with van der Waals surface area (Å²) in [6, 6.07) is 0. The minimum atomic E-state index is 0. The van der Waals surface area contributed by atoms with Crippen LogP contribution in [-0.4, -0.2) is 23.1 Å². The van der Waals surface area contributed by atoms with Crippen molar-refractivity contribution in [1.82, 2.24) is 10.0 Å². The first-order valence-corrected chi connectivity index (χ1v) is 4.17. The summed E-state index contributed by atoms with van der Waals surface area (Å²) < 4.78 is 0. The van der Waals surface area contributed by atoms with E-state index in [1.54, 1.807) is 0 Å². The Morgan fingerprint density at radius 2 is 1.07 bits per heavy atom. The number of hydrazine groups is 1. The second-order valence-electron chi connectivity index (χ2n) is 2.78. The van der Waals surface area contributed by atoms with E-state index in [1.807, 2.05) is 0 Å². The van der Waals surface area contributed by atoms with Crippen molar-refractivity contribution in [1.29, 1.82) is 0 Å². The van der Waals surface area contributed by atoms with Gasteiger partial charge in [-0.25, -0.2) is 0 Å². The Balaban J connectivity index is 0. The molecular formula is C12H18N2Pd. The van der Waals surface area contributed by atoms with E-state index in [1.165, 1.54) is 0 Å². The second kappa shape index (κ2) is 8.52. The van der Waals surface area contributed by atoms with Crippen LogP contribution in [0.2, 0.25) is 0 Å².